The molecule has 7 heteroatoms. The summed E-state index contributed by atoms with van der Waals surface area (Å²) in [5.41, 5.74) is 2.53. The Bertz CT molecular complexity index is 1150. The Balaban J connectivity index is 1.55. The summed E-state index contributed by atoms with van der Waals surface area (Å²) < 4.78 is 10.9. The minimum absolute atomic E-state index is 0.279. The number of hydrogen-bond donors (Lipinski definition) is 1. The molecule has 2 aromatic carbocycles. The van der Waals surface area contributed by atoms with Crippen molar-refractivity contribution in [3.63, 3.8) is 0 Å². The van der Waals surface area contributed by atoms with E-state index in [1.54, 1.807) is 60.9 Å². The van der Waals surface area contributed by atoms with E-state index in [0.29, 0.717) is 44.0 Å². The molecular formula is C20H12Cl2N2O3. The topological polar surface area (TPSA) is 68.3 Å². The van der Waals surface area contributed by atoms with Gasteiger partial charge in [0.2, 0.25) is 11.8 Å². The van der Waals surface area contributed by atoms with Gasteiger partial charge in [-0.15, -0.1) is 0 Å². The molecular weight excluding hydrogens is 387 g/mol. The van der Waals surface area contributed by atoms with Crippen LogP contribution in [0, 0.1) is 0 Å². The molecule has 0 radical (unpaired) electrons. The molecule has 4 aromatic rings. The lowest BCUT2D eigenvalue weighted by molar-refractivity contribution is -0.111. The summed E-state index contributed by atoms with van der Waals surface area (Å²) in [6.07, 6.45) is 4.53. The normalized spacial score (nSPS) is 11.3. The van der Waals surface area contributed by atoms with Crippen molar-refractivity contribution in [3.8, 4) is 11.5 Å². The van der Waals surface area contributed by atoms with Gasteiger partial charge in [-0.3, -0.25) is 4.79 Å². The Kier molecular flexibility index (Phi) is 4.71. The first kappa shape index (κ1) is 17.4. The lowest BCUT2D eigenvalue weighted by Crippen LogP contribution is -2.07. The summed E-state index contributed by atoms with van der Waals surface area (Å²) in [5.74, 6) is 0.743. The Labute approximate surface area is 164 Å². The molecule has 0 spiro atoms. The molecule has 4 rings (SSSR count). The van der Waals surface area contributed by atoms with Crippen molar-refractivity contribution in [2.75, 3.05) is 5.32 Å². The maximum Gasteiger partial charge on any atom is 0.248 e. The van der Waals surface area contributed by atoms with E-state index >= 15 is 0 Å². The molecule has 5 nitrogen and oxygen atoms in total. The lowest BCUT2D eigenvalue weighted by atomic mass is 10.2. The highest BCUT2D eigenvalue weighted by Crippen LogP contribution is 2.30. The molecule has 0 atom stereocenters. The van der Waals surface area contributed by atoms with Crippen LogP contribution in [0.5, 0.6) is 0 Å². The van der Waals surface area contributed by atoms with E-state index in [-0.39, 0.29) is 5.91 Å². The van der Waals surface area contributed by atoms with E-state index < -0.39 is 0 Å². The number of carbonyl (C=O) groups is 1. The molecule has 1 amide bonds. The number of hydrogen-bond acceptors (Lipinski definition) is 4. The third-order valence-corrected chi connectivity index (χ3v) is 4.50. The number of rotatable bonds is 4. The first-order chi connectivity index (χ1) is 13.1. The summed E-state index contributed by atoms with van der Waals surface area (Å²) in [6.45, 7) is 0. The van der Waals surface area contributed by atoms with Gasteiger partial charge >= 0.3 is 0 Å². The van der Waals surface area contributed by atoms with Gasteiger partial charge in [-0.25, -0.2) is 4.98 Å². The third kappa shape index (κ3) is 3.89. The SMILES string of the molecule is O=C(C=Cc1ccco1)Nc1ccc2oc(-c3ccc(Cl)c(Cl)c3)nc2c1. The van der Waals surface area contributed by atoms with Crippen molar-refractivity contribution in [1.82, 2.24) is 4.98 Å². The first-order valence-electron chi connectivity index (χ1n) is 7.97. The molecule has 0 aliphatic carbocycles. The molecule has 1 N–H and O–H groups in total. The number of fused-ring (bicyclic) bond motifs is 1. The van der Waals surface area contributed by atoms with Crippen molar-refractivity contribution >= 4 is 52.0 Å². The van der Waals surface area contributed by atoms with E-state index in [4.69, 9.17) is 32.0 Å². The van der Waals surface area contributed by atoms with Gasteiger partial charge in [0.05, 0.1) is 16.3 Å². The highest BCUT2D eigenvalue weighted by molar-refractivity contribution is 6.42. The van der Waals surface area contributed by atoms with E-state index in [0.717, 1.165) is 0 Å². The van der Waals surface area contributed by atoms with E-state index in [2.05, 4.69) is 10.3 Å². The number of anilines is 1. The van der Waals surface area contributed by atoms with Crippen LogP contribution in [-0.4, -0.2) is 10.9 Å². The molecule has 0 fully saturated rings. The van der Waals surface area contributed by atoms with E-state index in [9.17, 15) is 4.79 Å². The maximum absolute atomic E-state index is 12.0. The van der Waals surface area contributed by atoms with Crippen molar-refractivity contribution in [1.29, 1.82) is 0 Å². The molecule has 0 saturated heterocycles. The smallest absolute Gasteiger partial charge is 0.248 e. The molecule has 0 bridgehead atoms. The summed E-state index contributed by atoms with van der Waals surface area (Å²) >= 11 is 12.0. The highest BCUT2D eigenvalue weighted by Gasteiger charge is 2.11. The van der Waals surface area contributed by atoms with Gasteiger partial charge in [0.25, 0.3) is 0 Å². The van der Waals surface area contributed by atoms with Crippen LogP contribution < -0.4 is 5.32 Å². The number of amides is 1. The number of halogens is 2. The summed E-state index contributed by atoms with van der Waals surface area (Å²) in [4.78, 5) is 16.5. The molecule has 0 unspecified atom stereocenters. The van der Waals surface area contributed by atoms with Crippen LogP contribution in [0.4, 0.5) is 5.69 Å². The van der Waals surface area contributed by atoms with Gasteiger partial charge in [0.1, 0.15) is 11.3 Å². The van der Waals surface area contributed by atoms with Crippen LogP contribution in [0.15, 0.2) is 69.7 Å². The fourth-order valence-corrected chi connectivity index (χ4v) is 2.78. The lowest BCUT2D eigenvalue weighted by Gasteiger charge is -2.00. The minimum Gasteiger partial charge on any atom is -0.465 e. The zero-order valence-corrected chi connectivity index (χ0v) is 15.3. The van der Waals surface area contributed by atoms with Crippen LogP contribution in [-0.2, 0) is 4.79 Å². The Morgan fingerprint density at radius 1 is 1.07 bits per heavy atom. The summed E-state index contributed by atoms with van der Waals surface area (Å²) in [6, 6.07) is 13.9. The van der Waals surface area contributed by atoms with Gasteiger partial charge in [-0.05, 0) is 54.6 Å². The van der Waals surface area contributed by atoms with E-state index in [1.165, 1.54) is 6.08 Å². The van der Waals surface area contributed by atoms with Crippen molar-refractivity contribution in [2.24, 2.45) is 0 Å². The van der Waals surface area contributed by atoms with Crippen molar-refractivity contribution in [2.45, 2.75) is 0 Å². The van der Waals surface area contributed by atoms with Gasteiger partial charge in [0, 0.05) is 17.3 Å². The fourth-order valence-electron chi connectivity index (χ4n) is 2.49. The molecule has 0 aliphatic rings. The Morgan fingerprint density at radius 2 is 1.96 bits per heavy atom. The number of oxazole rings is 1. The van der Waals surface area contributed by atoms with Gasteiger partial charge in [-0.2, -0.15) is 0 Å². The van der Waals surface area contributed by atoms with Crippen LogP contribution in [0.1, 0.15) is 5.76 Å². The number of benzene rings is 2. The van der Waals surface area contributed by atoms with Crippen LogP contribution >= 0.6 is 23.2 Å². The number of carbonyl (C=O) groups excluding carboxylic acids is 1. The quantitative estimate of drug-likeness (QED) is 0.425. The predicted molar refractivity (Wildman–Crippen MR) is 106 cm³/mol. The predicted octanol–water partition coefficient (Wildman–Crippen LogP) is 6.05. The first-order valence-corrected chi connectivity index (χ1v) is 8.73. The summed E-state index contributed by atoms with van der Waals surface area (Å²) in [7, 11) is 0. The second-order valence-corrected chi connectivity index (χ2v) is 6.48. The number of furan rings is 1. The van der Waals surface area contributed by atoms with Crippen LogP contribution in [0.25, 0.3) is 28.6 Å². The largest absolute Gasteiger partial charge is 0.465 e. The highest BCUT2D eigenvalue weighted by atomic mass is 35.5. The minimum atomic E-state index is -0.279. The van der Waals surface area contributed by atoms with Gasteiger partial charge in [-0.1, -0.05) is 23.2 Å². The zero-order chi connectivity index (χ0) is 18.8. The van der Waals surface area contributed by atoms with Crippen LogP contribution in [0.3, 0.4) is 0 Å². The number of aromatic nitrogens is 1. The molecule has 27 heavy (non-hydrogen) atoms. The number of nitrogens with zero attached hydrogens (tertiary/aromatic N) is 1. The van der Waals surface area contributed by atoms with E-state index in [1.807, 2.05) is 0 Å². The van der Waals surface area contributed by atoms with Gasteiger partial charge in [0.15, 0.2) is 5.58 Å². The number of nitrogens with one attached hydrogen (secondary N) is 1. The zero-order valence-electron chi connectivity index (χ0n) is 13.8. The van der Waals surface area contributed by atoms with Crippen molar-refractivity contribution in [3.05, 3.63) is 76.7 Å². The average Bonchev–Trinajstić information content (AvgIpc) is 3.31. The Morgan fingerprint density at radius 3 is 2.74 bits per heavy atom. The molecule has 2 heterocycles. The monoisotopic (exact) mass is 398 g/mol. The fraction of sp³-hybridized carbons (Fsp3) is 0. The molecule has 134 valence electrons. The standard InChI is InChI=1S/C20H12Cl2N2O3/c21-15-6-3-12(10-16(15)22)20-24-17-11-13(4-7-18(17)27-20)23-19(25)8-5-14-2-1-9-26-14/h1-11H,(H,23,25). The van der Waals surface area contributed by atoms with Crippen molar-refractivity contribution < 1.29 is 13.6 Å². The third-order valence-electron chi connectivity index (χ3n) is 3.76. The van der Waals surface area contributed by atoms with Gasteiger partial charge < -0.3 is 14.2 Å². The Hall–Kier alpha value is -3.02. The molecule has 0 saturated carbocycles. The molecule has 0 aliphatic heterocycles. The summed E-state index contributed by atoms with van der Waals surface area (Å²) in [5, 5.41) is 3.66. The average molecular weight is 399 g/mol. The maximum atomic E-state index is 12.0. The second-order valence-electron chi connectivity index (χ2n) is 5.67. The van der Waals surface area contributed by atoms with Crippen LogP contribution in [0.2, 0.25) is 10.0 Å². The molecule has 2 aromatic heterocycles. The second kappa shape index (κ2) is 7.31.